The summed E-state index contributed by atoms with van der Waals surface area (Å²) in [4.78, 5) is 16.0. The highest BCUT2D eigenvalue weighted by atomic mass is 32.1. The van der Waals surface area contributed by atoms with Gasteiger partial charge in [0.15, 0.2) is 0 Å². The van der Waals surface area contributed by atoms with E-state index in [0.717, 1.165) is 25.0 Å². The van der Waals surface area contributed by atoms with Gasteiger partial charge in [0.05, 0.1) is 12.6 Å². The Bertz CT molecular complexity index is 666. The fourth-order valence-electron chi connectivity index (χ4n) is 3.18. The number of benzene rings is 1. The van der Waals surface area contributed by atoms with E-state index >= 15 is 0 Å². The Hall–Kier alpha value is -1.72. The number of ether oxygens (including phenoxy) is 1. The van der Waals surface area contributed by atoms with Crippen molar-refractivity contribution in [3.63, 3.8) is 0 Å². The second-order valence-electron chi connectivity index (χ2n) is 6.65. The van der Waals surface area contributed by atoms with Crippen LogP contribution in [0.5, 0.6) is 0 Å². The molecule has 0 radical (unpaired) electrons. The van der Waals surface area contributed by atoms with E-state index in [1.165, 1.54) is 17.0 Å². The highest BCUT2D eigenvalue weighted by Crippen LogP contribution is 2.23. The quantitative estimate of drug-likeness (QED) is 0.722. The maximum absolute atomic E-state index is 13.1. The van der Waals surface area contributed by atoms with Crippen LogP contribution in [0, 0.1) is 5.82 Å². The van der Waals surface area contributed by atoms with Crippen LogP contribution in [0.2, 0.25) is 0 Å². The second-order valence-corrected chi connectivity index (χ2v) is 7.68. The Morgan fingerprint density at radius 3 is 2.80 bits per heavy atom. The zero-order valence-electron chi connectivity index (χ0n) is 14.5. The van der Waals surface area contributed by atoms with Crippen LogP contribution < -0.4 is 0 Å². The van der Waals surface area contributed by atoms with E-state index in [9.17, 15) is 9.18 Å². The lowest BCUT2D eigenvalue weighted by atomic mass is 9.97. The van der Waals surface area contributed by atoms with Gasteiger partial charge in [-0.1, -0.05) is 25.1 Å². The van der Waals surface area contributed by atoms with Crippen LogP contribution >= 0.6 is 11.3 Å². The van der Waals surface area contributed by atoms with E-state index in [4.69, 9.17) is 4.74 Å². The molecule has 1 amide bonds. The number of hydrogen-bond donors (Lipinski definition) is 0. The second kappa shape index (κ2) is 8.59. The first-order valence-electron chi connectivity index (χ1n) is 8.79. The molecule has 0 N–H and O–H groups in total. The van der Waals surface area contributed by atoms with Crippen molar-refractivity contribution in [2.75, 3.05) is 13.2 Å². The molecule has 3 nitrogen and oxygen atoms in total. The molecule has 1 aromatic carbocycles. The van der Waals surface area contributed by atoms with Crippen molar-refractivity contribution in [2.45, 2.75) is 44.8 Å². The number of rotatable bonds is 7. The standard InChI is InChI=1S/C20H24FNO2S/c1-15(16-6-8-17(21)9-7-16)12-20(23)22(13-18-4-2-10-24-18)14-19-5-3-11-25-19/h3,5-9,11,15,18H,2,4,10,12-14H2,1H3. The first-order chi connectivity index (χ1) is 12.1. The molecule has 5 heteroatoms. The third-order valence-electron chi connectivity index (χ3n) is 4.65. The molecule has 0 spiro atoms. The smallest absolute Gasteiger partial charge is 0.223 e. The highest BCUT2D eigenvalue weighted by molar-refractivity contribution is 7.09. The third-order valence-corrected chi connectivity index (χ3v) is 5.51. The minimum absolute atomic E-state index is 0.0587. The molecule has 0 saturated carbocycles. The Morgan fingerprint density at radius 2 is 2.16 bits per heavy atom. The van der Waals surface area contributed by atoms with E-state index in [2.05, 4.69) is 6.07 Å². The topological polar surface area (TPSA) is 29.5 Å². The molecule has 1 aliphatic rings. The van der Waals surface area contributed by atoms with Gasteiger partial charge in [0.1, 0.15) is 5.82 Å². The molecule has 2 heterocycles. The molecule has 3 rings (SSSR count). The van der Waals surface area contributed by atoms with Crippen LogP contribution in [0.15, 0.2) is 41.8 Å². The van der Waals surface area contributed by atoms with Crippen LogP contribution in [-0.4, -0.2) is 30.1 Å². The molecule has 25 heavy (non-hydrogen) atoms. The highest BCUT2D eigenvalue weighted by Gasteiger charge is 2.24. The monoisotopic (exact) mass is 361 g/mol. The summed E-state index contributed by atoms with van der Waals surface area (Å²) < 4.78 is 18.8. The zero-order valence-corrected chi connectivity index (χ0v) is 15.3. The van der Waals surface area contributed by atoms with Gasteiger partial charge >= 0.3 is 0 Å². The van der Waals surface area contributed by atoms with Crippen molar-refractivity contribution < 1.29 is 13.9 Å². The Kier molecular flexibility index (Phi) is 6.21. The zero-order chi connectivity index (χ0) is 17.6. The average Bonchev–Trinajstić information content (AvgIpc) is 3.28. The summed E-state index contributed by atoms with van der Waals surface area (Å²) in [5, 5.41) is 2.03. The maximum Gasteiger partial charge on any atom is 0.223 e. The molecular formula is C20H24FNO2S. The number of carbonyl (C=O) groups excluding carboxylic acids is 1. The van der Waals surface area contributed by atoms with Gasteiger partial charge in [0.2, 0.25) is 5.91 Å². The SMILES string of the molecule is CC(CC(=O)N(Cc1cccs1)CC1CCCO1)c1ccc(F)cc1. The lowest BCUT2D eigenvalue weighted by Crippen LogP contribution is -2.37. The number of nitrogens with zero attached hydrogens (tertiary/aromatic N) is 1. The van der Waals surface area contributed by atoms with Gasteiger partial charge in [0.25, 0.3) is 0 Å². The van der Waals surface area contributed by atoms with Crippen molar-refractivity contribution in [2.24, 2.45) is 0 Å². The minimum atomic E-state index is -0.250. The van der Waals surface area contributed by atoms with E-state index in [1.807, 2.05) is 23.3 Å². The number of halogens is 1. The predicted octanol–water partition coefficient (Wildman–Crippen LogP) is 4.59. The Labute approximate surface area is 152 Å². The summed E-state index contributed by atoms with van der Waals surface area (Å²) in [7, 11) is 0. The molecule has 1 aliphatic heterocycles. The van der Waals surface area contributed by atoms with Gasteiger partial charge in [-0.3, -0.25) is 4.79 Å². The molecule has 1 saturated heterocycles. The molecule has 0 bridgehead atoms. The lowest BCUT2D eigenvalue weighted by Gasteiger charge is -2.26. The molecule has 1 aromatic heterocycles. The Morgan fingerprint density at radius 1 is 1.36 bits per heavy atom. The molecular weight excluding hydrogens is 337 g/mol. The van der Waals surface area contributed by atoms with E-state index in [1.54, 1.807) is 23.5 Å². The van der Waals surface area contributed by atoms with Crippen LogP contribution in [-0.2, 0) is 16.1 Å². The molecule has 0 aliphatic carbocycles. The van der Waals surface area contributed by atoms with Crippen LogP contribution in [0.1, 0.15) is 42.5 Å². The number of hydrogen-bond acceptors (Lipinski definition) is 3. The van der Waals surface area contributed by atoms with Crippen LogP contribution in [0.4, 0.5) is 4.39 Å². The van der Waals surface area contributed by atoms with Crippen molar-refractivity contribution in [3.05, 3.63) is 58.0 Å². The summed E-state index contributed by atoms with van der Waals surface area (Å²) in [6.45, 7) is 4.08. The summed E-state index contributed by atoms with van der Waals surface area (Å²) in [6, 6.07) is 10.5. The van der Waals surface area contributed by atoms with Crippen LogP contribution in [0.25, 0.3) is 0 Å². The van der Waals surface area contributed by atoms with Gasteiger partial charge in [-0.15, -0.1) is 11.3 Å². The molecule has 2 aromatic rings. The molecule has 134 valence electrons. The van der Waals surface area contributed by atoms with Crippen molar-refractivity contribution >= 4 is 17.2 Å². The fourth-order valence-corrected chi connectivity index (χ4v) is 3.90. The van der Waals surface area contributed by atoms with Crippen molar-refractivity contribution in [1.29, 1.82) is 0 Å². The van der Waals surface area contributed by atoms with Crippen LogP contribution in [0.3, 0.4) is 0 Å². The van der Waals surface area contributed by atoms with Gasteiger partial charge < -0.3 is 9.64 Å². The lowest BCUT2D eigenvalue weighted by molar-refractivity contribution is -0.133. The summed E-state index contributed by atoms with van der Waals surface area (Å²) in [5.41, 5.74) is 0.989. The fraction of sp³-hybridized carbons (Fsp3) is 0.450. The normalized spacial score (nSPS) is 18.2. The van der Waals surface area contributed by atoms with Gasteiger partial charge in [-0.2, -0.15) is 0 Å². The van der Waals surface area contributed by atoms with Crippen molar-refractivity contribution in [3.8, 4) is 0 Å². The van der Waals surface area contributed by atoms with Gasteiger partial charge in [-0.25, -0.2) is 4.39 Å². The van der Waals surface area contributed by atoms with E-state index in [-0.39, 0.29) is 23.7 Å². The molecule has 2 unspecified atom stereocenters. The largest absolute Gasteiger partial charge is 0.376 e. The number of thiophene rings is 1. The average molecular weight is 361 g/mol. The Balaban J connectivity index is 1.65. The van der Waals surface area contributed by atoms with Gasteiger partial charge in [0, 0.05) is 24.4 Å². The summed E-state index contributed by atoms with van der Waals surface area (Å²) in [6.07, 6.45) is 2.65. The third kappa shape index (κ3) is 5.13. The summed E-state index contributed by atoms with van der Waals surface area (Å²) in [5.74, 6) is -0.0656. The maximum atomic E-state index is 13.1. The first-order valence-corrected chi connectivity index (χ1v) is 9.67. The van der Waals surface area contributed by atoms with E-state index in [0.29, 0.717) is 19.5 Å². The predicted molar refractivity (Wildman–Crippen MR) is 98.1 cm³/mol. The number of carbonyl (C=O) groups is 1. The number of amides is 1. The molecule has 2 atom stereocenters. The van der Waals surface area contributed by atoms with Crippen molar-refractivity contribution in [1.82, 2.24) is 4.90 Å². The van der Waals surface area contributed by atoms with Gasteiger partial charge in [-0.05, 0) is 47.9 Å². The molecule has 1 fully saturated rings. The summed E-state index contributed by atoms with van der Waals surface area (Å²) >= 11 is 1.67. The van der Waals surface area contributed by atoms with E-state index < -0.39 is 0 Å². The first kappa shape index (κ1) is 18.1. The minimum Gasteiger partial charge on any atom is -0.376 e.